The Bertz CT molecular complexity index is 1960. The van der Waals surface area contributed by atoms with Gasteiger partial charge in [-0.3, -0.25) is 4.90 Å². The zero-order chi connectivity index (χ0) is 39.1. The molecule has 12 heteroatoms. The smallest absolute Gasteiger partial charge is 0.416 e. The van der Waals surface area contributed by atoms with Gasteiger partial charge >= 0.3 is 12.4 Å². The predicted octanol–water partition coefficient (Wildman–Crippen LogP) is 8.94. The molecule has 1 atom stereocenters. The summed E-state index contributed by atoms with van der Waals surface area (Å²) in [6, 6.07) is 24.1. The molecule has 5 aromatic carbocycles. The maximum atomic E-state index is 13.5. The minimum absolute atomic E-state index is 0.0793. The molecule has 0 amide bonds. The number of aryl methyl sites for hydroxylation is 1. The van der Waals surface area contributed by atoms with Crippen molar-refractivity contribution >= 4 is 0 Å². The van der Waals surface area contributed by atoms with Gasteiger partial charge in [0.2, 0.25) is 0 Å². The zero-order valence-electron chi connectivity index (χ0n) is 29.7. The van der Waals surface area contributed by atoms with Gasteiger partial charge in [0.25, 0.3) is 0 Å². The van der Waals surface area contributed by atoms with Crippen LogP contribution in [0.1, 0.15) is 62.9 Å². The first-order valence-corrected chi connectivity index (χ1v) is 17.2. The van der Waals surface area contributed by atoms with Gasteiger partial charge in [0.05, 0.1) is 25.3 Å². The van der Waals surface area contributed by atoms with Gasteiger partial charge in [-0.25, -0.2) is 0 Å². The summed E-state index contributed by atoms with van der Waals surface area (Å²) in [5.74, 6) is 0.806. The van der Waals surface area contributed by atoms with E-state index in [-0.39, 0.29) is 23.2 Å². The van der Waals surface area contributed by atoms with E-state index < -0.39 is 46.5 Å². The third-order valence-electron chi connectivity index (χ3n) is 10.3. The van der Waals surface area contributed by atoms with Gasteiger partial charge in [0, 0.05) is 23.7 Å². The highest BCUT2D eigenvalue weighted by molar-refractivity contribution is 5.56. The molecule has 0 saturated carbocycles. The number of methoxy groups -OCH3 is 2. The summed E-state index contributed by atoms with van der Waals surface area (Å²) < 4.78 is 91.9. The molecule has 54 heavy (non-hydrogen) atoms. The average molecular weight is 752 g/mol. The number of halogens is 6. The molecule has 284 valence electrons. The fraction of sp³-hybridized carbons (Fsp3) is 0.286. The molecule has 0 unspecified atom stereocenters. The summed E-state index contributed by atoms with van der Waals surface area (Å²) in [6.07, 6.45) is -8.11. The molecule has 6 nitrogen and oxygen atoms in total. The lowest BCUT2D eigenvalue weighted by atomic mass is 9.77. The summed E-state index contributed by atoms with van der Waals surface area (Å²) in [5, 5.41) is 37.4. The van der Waals surface area contributed by atoms with Gasteiger partial charge in [0.1, 0.15) is 28.5 Å². The summed E-state index contributed by atoms with van der Waals surface area (Å²) in [4.78, 5) is 2.02. The maximum absolute atomic E-state index is 13.5. The fourth-order valence-corrected chi connectivity index (χ4v) is 7.48. The number of phenolic OH excluding ortho intramolecular Hbond substituents is 1. The number of phenols is 1. The van der Waals surface area contributed by atoms with Crippen LogP contribution in [0.4, 0.5) is 26.3 Å². The molecular formula is C42H39F6NO5. The second-order valence-electron chi connectivity index (χ2n) is 13.5. The molecular weight excluding hydrogens is 712 g/mol. The van der Waals surface area contributed by atoms with Crippen molar-refractivity contribution in [1.29, 1.82) is 0 Å². The quantitative estimate of drug-likeness (QED) is 0.0977. The molecule has 0 spiro atoms. The number of hydrogen-bond donors (Lipinski definition) is 3. The number of rotatable bonds is 10. The van der Waals surface area contributed by atoms with E-state index in [1.54, 1.807) is 75.7 Å². The monoisotopic (exact) mass is 751 g/mol. The summed E-state index contributed by atoms with van der Waals surface area (Å²) in [5.41, 5.74) is -4.16. The third-order valence-corrected chi connectivity index (χ3v) is 10.3. The Balaban J connectivity index is 1.46. The maximum Gasteiger partial charge on any atom is 0.416 e. The van der Waals surface area contributed by atoms with Crippen LogP contribution in [-0.2, 0) is 30.1 Å². The first kappa shape index (κ1) is 38.7. The van der Waals surface area contributed by atoms with Crippen molar-refractivity contribution in [3.8, 4) is 17.2 Å². The number of benzene rings is 5. The Kier molecular flexibility index (Phi) is 10.5. The molecule has 0 aromatic heterocycles. The van der Waals surface area contributed by atoms with E-state index in [0.29, 0.717) is 53.1 Å². The highest BCUT2D eigenvalue weighted by atomic mass is 19.4. The Morgan fingerprint density at radius 1 is 0.630 bits per heavy atom. The number of hydrogen-bond acceptors (Lipinski definition) is 6. The van der Waals surface area contributed by atoms with Crippen LogP contribution in [0.2, 0.25) is 0 Å². The molecule has 3 N–H and O–H groups in total. The molecule has 1 fully saturated rings. The van der Waals surface area contributed by atoms with Gasteiger partial charge in [-0.2, -0.15) is 26.3 Å². The molecule has 0 aliphatic carbocycles. The fourth-order valence-electron chi connectivity index (χ4n) is 7.48. The van der Waals surface area contributed by atoms with Crippen LogP contribution >= 0.6 is 0 Å². The van der Waals surface area contributed by atoms with Crippen LogP contribution in [0, 0.1) is 6.92 Å². The number of aromatic hydroxyl groups is 1. The van der Waals surface area contributed by atoms with Gasteiger partial charge in [-0.1, -0.05) is 60.2 Å². The van der Waals surface area contributed by atoms with E-state index in [4.69, 9.17) is 9.47 Å². The number of nitrogens with zero attached hydrogens (tertiary/aromatic N) is 1. The van der Waals surface area contributed by atoms with Gasteiger partial charge < -0.3 is 24.8 Å². The van der Waals surface area contributed by atoms with Crippen LogP contribution in [0.15, 0.2) is 109 Å². The normalized spacial score (nSPS) is 15.7. The summed E-state index contributed by atoms with van der Waals surface area (Å²) >= 11 is 0. The van der Waals surface area contributed by atoms with Crippen LogP contribution < -0.4 is 9.47 Å². The summed E-state index contributed by atoms with van der Waals surface area (Å²) in [7, 11) is 3.09. The topological polar surface area (TPSA) is 82.4 Å². The lowest BCUT2D eigenvalue weighted by molar-refractivity contribution is -0.138. The van der Waals surface area contributed by atoms with Gasteiger partial charge in [-0.15, -0.1) is 0 Å². The molecule has 1 aliphatic rings. The van der Waals surface area contributed by atoms with E-state index >= 15 is 0 Å². The Labute approximate surface area is 308 Å². The lowest BCUT2D eigenvalue weighted by Crippen LogP contribution is -2.48. The lowest BCUT2D eigenvalue weighted by Gasteiger charge is -2.40. The summed E-state index contributed by atoms with van der Waals surface area (Å²) in [6.45, 7) is 2.30. The van der Waals surface area contributed by atoms with Gasteiger partial charge in [0.15, 0.2) is 0 Å². The molecule has 0 radical (unpaired) electrons. The van der Waals surface area contributed by atoms with Crippen molar-refractivity contribution in [3.05, 3.63) is 159 Å². The molecule has 5 aromatic rings. The number of ether oxygens (including phenoxy) is 2. The number of aliphatic hydroxyl groups is 2. The molecule has 1 heterocycles. The average Bonchev–Trinajstić information content (AvgIpc) is 3.63. The van der Waals surface area contributed by atoms with E-state index in [9.17, 15) is 41.7 Å². The van der Waals surface area contributed by atoms with Crippen LogP contribution in [0.3, 0.4) is 0 Å². The molecule has 1 saturated heterocycles. The standard InChI is InChI=1S/C42H39F6NO5/c1-26-23-27(25-49-22-4-5-37(49)40(52,30-14-18-34(53-2)19-15-30)31-16-20-35(54-3)21-17-31)38(50)36(24-26)39(51,28-6-10-32(11-7-28)41(43,44)45)29-8-12-33(13-9-29)42(46,47)48/h6-21,23-24,37,50-52H,4-5,22,25H2,1-3H3/t37-/m0/s1. The van der Waals surface area contributed by atoms with Crippen molar-refractivity contribution < 1.29 is 51.1 Å². The van der Waals surface area contributed by atoms with Crippen molar-refractivity contribution in [2.24, 2.45) is 0 Å². The Hall–Kier alpha value is -5.04. The first-order valence-electron chi connectivity index (χ1n) is 17.2. The van der Waals surface area contributed by atoms with Crippen molar-refractivity contribution in [1.82, 2.24) is 4.90 Å². The van der Waals surface area contributed by atoms with Crippen LogP contribution in [-0.4, -0.2) is 47.0 Å². The highest BCUT2D eigenvalue weighted by Gasteiger charge is 2.46. The van der Waals surface area contributed by atoms with Crippen molar-refractivity contribution in [3.63, 3.8) is 0 Å². The largest absolute Gasteiger partial charge is 0.507 e. The van der Waals surface area contributed by atoms with E-state index in [2.05, 4.69) is 0 Å². The first-order chi connectivity index (χ1) is 25.5. The minimum Gasteiger partial charge on any atom is -0.507 e. The molecule has 6 rings (SSSR count). The van der Waals surface area contributed by atoms with E-state index in [0.717, 1.165) is 48.5 Å². The Morgan fingerprint density at radius 2 is 1.04 bits per heavy atom. The minimum atomic E-state index is -4.69. The second-order valence-corrected chi connectivity index (χ2v) is 13.5. The second kappa shape index (κ2) is 14.7. The molecule has 0 bridgehead atoms. The number of alkyl halides is 6. The van der Waals surface area contributed by atoms with Crippen LogP contribution in [0.5, 0.6) is 17.2 Å². The molecule has 1 aliphatic heterocycles. The van der Waals surface area contributed by atoms with Crippen molar-refractivity contribution in [2.75, 3.05) is 20.8 Å². The SMILES string of the molecule is COc1ccc(C(O)(c2ccc(OC)cc2)[C@@H]2CCCN2Cc2cc(C)cc(C(O)(c3ccc(C(F)(F)F)cc3)c3ccc(C(F)(F)F)cc3)c2O)cc1. The Morgan fingerprint density at radius 3 is 1.44 bits per heavy atom. The van der Waals surface area contributed by atoms with E-state index in [1.165, 1.54) is 6.07 Å². The number of likely N-dealkylation sites (tertiary alicyclic amines) is 1. The zero-order valence-corrected chi connectivity index (χ0v) is 29.7. The van der Waals surface area contributed by atoms with Crippen LogP contribution in [0.25, 0.3) is 0 Å². The predicted molar refractivity (Wildman–Crippen MR) is 190 cm³/mol. The van der Waals surface area contributed by atoms with E-state index in [1.807, 2.05) is 4.90 Å². The van der Waals surface area contributed by atoms with Gasteiger partial charge in [-0.05, 0) is 103 Å². The third kappa shape index (κ3) is 7.25. The van der Waals surface area contributed by atoms with Crippen molar-refractivity contribution in [2.45, 2.75) is 55.9 Å². The highest BCUT2D eigenvalue weighted by Crippen LogP contribution is 2.46.